The molecule has 0 spiro atoms. The Kier molecular flexibility index (Phi) is 2.80. The fourth-order valence-corrected chi connectivity index (χ4v) is 1.78. The zero-order chi connectivity index (χ0) is 12.2. The van der Waals surface area contributed by atoms with Crippen molar-refractivity contribution in [3.63, 3.8) is 0 Å². The highest BCUT2D eigenvalue weighted by molar-refractivity contribution is 5.75. The van der Waals surface area contributed by atoms with Crippen molar-refractivity contribution in [1.29, 1.82) is 0 Å². The van der Waals surface area contributed by atoms with Crippen LogP contribution in [0.25, 0.3) is 11.0 Å². The third-order valence-corrected chi connectivity index (χ3v) is 2.66. The summed E-state index contributed by atoms with van der Waals surface area (Å²) in [5.41, 5.74) is 4.82. The van der Waals surface area contributed by atoms with E-state index in [4.69, 9.17) is 4.42 Å². The summed E-state index contributed by atoms with van der Waals surface area (Å²) in [6.45, 7) is 0. The van der Waals surface area contributed by atoms with E-state index in [1.54, 1.807) is 6.26 Å². The van der Waals surface area contributed by atoms with Crippen LogP contribution in [0.1, 0.15) is 0 Å². The molecule has 0 atom stereocenters. The van der Waals surface area contributed by atoms with E-state index in [9.17, 15) is 0 Å². The van der Waals surface area contributed by atoms with Crippen molar-refractivity contribution in [2.75, 3.05) is 5.43 Å². The van der Waals surface area contributed by atoms with Crippen LogP contribution in [-0.4, -0.2) is 0 Å². The molecular weight excluding hydrogens is 224 g/mol. The average Bonchev–Trinajstić information content (AvgIpc) is 2.46. The highest BCUT2D eigenvalue weighted by Gasteiger charge is 1.95. The zero-order valence-corrected chi connectivity index (χ0v) is 9.71. The highest BCUT2D eigenvalue weighted by atomic mass is 16.3. The lowest BCUT2D eigenvalue weighted by molar-refractivity contribution is 0.602. The first-order chi connectivity index (χ1) is 8.93. The highest BCUT2D eigenvalue weighted by Crippen LogP contribution is 2.08. The van der Waals surface area contributed by atoms with Crippen molar-refractivity contribution in [3.8, 4) is 0 Å². The summed E-state index contributed by atoms with van der Waals surface area (Å²) in [6, 6.07) is 19.5. The van der Waals surface area contributed by atoms with Crippen LogP contribution in [0.2, 0.25) is 0 Å². The lowest BCUT2D eigenvalue weighted by Crippen LogP contribution is -2.05. The number of anilines is 1. The minimum atomic E-state index is 0.827. The molecule has 0 aliphatic heterocycles. The summed E-state index contributed by atoms with van der Waals surface area (Å²) < 4.78 is 5.42. The summed E-state index contributed by atoms with van der Waals surface area (Å²) in [4.78, 5) is 0. The molecule has 3 rings (SSSR count). The number of rotatable bonds is 2. The van der Waals surface area contributed by atoms with Gasteiger partial charge in [-0.15, -0.1) is 0 Å². The molecule has 0 aliphatic carbocycles. The summed E-state index contributed by atoms with van der Waals surface area (Å²) in [5, 5.41) is 6.25. The van der Waals surface area contributed by atoms with Crippen LogP contribution in [-0.2, 0) is 0 Å². The molecule has 0 unspecified atom stereocenters. The second-order valence-corrected chi connectivity index (χ2v) is 3.89. The zero-order valence-electron chi connectivity index (χ0n) is 9.71. The van der Waals surface area contributed by atoms with Crippen LogP contribution in [0.15, 0.2) is 76.4 Å². The molecule has 1 aromatic heterocycles. The standard InChI is InChI=1S/C15H12N2O/c1-2-6-12(7-3-1)16-17-14-10-11-18-15-9-5-4-8-13(14)15/h1-11,16H. The van der Waals surface area contributed by atoms with E-state index in [0.29, 0.717) is 0 Å². The number of benzene rings is 2. The predicted molar refractivity (Wildman–Crippen MR) is 71.8 cm³/mol. The molecule has 88 valence electrons. The number of nitrogens with zero attached hydrogens (tertiary/aromatic N) is 1. The number of nitrogens with one attached hydrogen (secondary N) is 1. The van der Waals surface area contributed by atoms with E-state index in [1.165, 1.54) is 0 Å². The van der Waals surface area contributed by atoms with Gasteiger partial charge in [-0.3, -0.25) is 5.43 Å². The van der Waals surface area contributed by atoms with Crippen LogP contribution in [0, 0.1) is 0 Å². The Labute approximate surface area is 104 Å². The van der Waals surface area contributed by atoms with Crippen LogP contribution in [0.3, 0.4) is 0 Å². The molecule has 1 N–H and O–H groups in total. The molecule has 0 saturated heterocycles. The number of para-hydroxylation sites is 2. The van der Waals surface area contributed by atoms with Crippen molar-refractivity contribution < 1.29 is 4.42 Å². The van der Waals surface area contributed by atoms with E-state index in [-0.39, 0.29) is 0 Å². The molecule has 0 radical (unpaired) electrons. The Hall–Kier alpha value is -2.55. The fraction of sp³-hybridized carbons (Fsp3) is 0. The maximum absolute atomic E-state index is 5.42. The lowest BCUT2D eigenvalue weighted by Gasteiger charge is -2.00. The maximum Gasteiger partial charge on any atom is 0.135 e. The largest absolute Gasteiger partial charge is 0.464 e. The van der Waals surface area contributed by atoms with Crippen molar-refractivity contribution >= 4 is 16.7 Å². The van der Waals surface area contributed by atoms with E-state index in [1.807, 2.05) is 60.7 Å². The third-order valence-electron chi connectivity index (χ3n) is 2.66. The molecule has 2 aromatic carbocycles. The Morgan fingerprint density at radius 2 is 1.61 bits per heavy atom. The molecule has 0 aliphatic rings. The Morgan fingerprint density at radius 1 is 0.833 bits per heavy atom. The van der Waals surface area contributed by atoms with Gasteiger partial charge in [-0.25, -0.2) is 0 Å². The van der Waals surface area contributed by atoms with E-state index >= 15 is 0 Å². The van der Waals surface area contributed by atoms with Crippen molar-refractivity contribution in [2.24, 2.45) is 5.10 Å². The smallest absolute Gasteiger partial charge is 0.135 e. The molecule has 3 aromatic rings. The monoisotopic (exact) mass is 236 g/mol. The van der Waals surface area contributed by atoms with Crippen molar-refractivity contribution in [1.82, 2.24) is 0 Å². The summed E-state index contributed by atoms with van der Waals surface area (Å²) in [5.74, 6) is 0. The van der Waals surface area contributed by atoms with Gasteiger partial charge in [-0.1, -0.05) is 30.3 Å². The van der Waals surface area contributed by atoms with Crippen LogP contribution in [0.5, 0.6) is 0 Å². The molecule has 3 heteroatoms. The molecule has 1 heterocycles. The number of hydrogen-bond donors (Lipinski definition) is 1. The number of hydrogen-bond acceptors (Lipinski definition) is 3. The fourth-order valence-electron chi connectivity index (χ4n) is 1.78. The van der Waals surface area contributed by atoms with Crippen LogP contribution >= 0.6 is 0 Å². The van der Waals surface area contributed by atoms with Gasteiger partial charge in [-0.05, 0) is 24.3 Å². The Morgan fingerprint density at radius 3 is 2.50 bits per heavy atom. The third kappa shape index (κ3) is 2.11. The minimum absolute atomic E-state index is 0.827. The first kappa shape index (κ1) is 10.6. The molecule has 18 heavy (non-hydrogen) atoms. The minimum Gasteiger partial charge on any atom is -0.464 e. The van der Waals surface area contributed by atoms with Crippen molar-refractivity contribution in [2.45, 2.75) is 0 Å². The van der Waals surface area contributed by atoms with Gasteiger partial charge in [0.2, 0.25) is 0 Å². The molecule has 0 bridgehead atoms. The number of fused-ring (bicyclic) bond motifs is 1. The first-order valence-corrected chi connectivity index (χ1v) is 5.75. The van der Waals surface area contributed by atoms with Gasteiger partial charge in [-0.2, -0.15) is 5.10 Å². The maximum atomic E-state index is 5.42. The van der Waals surface area contributed by atoms with Gasteiger partial charge in [0.1, 0.15) is 5.58 Å². The molecular formula is C15H12N2O. The second kappa shape index (κ2) is 4.75. The van der Waals surface area contributed by atoms with Gasteiger partial charge in [0.15, 0.2) is 0 Å². The van der Waals surface area contributed by atoms with E-state index < -0.39 is 0 Å². The quantitative estimate of drug-likeness (QED) is 0.693. The first-order valence-electron chi connectivity index (χ1n) is 5.75. The van der Waals surface area contributed by atoms with E-state index in [2.05, 4.69) is 10.5 Å². The van der Waals surface area contributed by atoms with Gasteiger partial charge >= 0.3 is 0 Å². The van der Waals surface area contributed by atoms with E-state index in [0.717, 1.165) is 22.0 Å². The van der Waals surface area contributed by atoms with Crippen molar-refractivity contribution in [3.05, 3.63) is 72.3 Å². The molecule has 3 nitrogen and oxygen atoms in total. The normalized spacial score (nSPS) is 11.7. The second-order valence-electron chi connectivity index (χ2n) is 3.89. The van der Waals surface area contributed by atoms with Gasteiger partial charge < -0.3 is 4.42 Å². The van der Waals surface area contributed by atoms with Gasteiger partial charge in [0.05, 0.1) is 17.3 Å². The van der Waals surface area contributed by atoms with Gasteiger partial charge in [0, 0.05) is 11.5 Å². The SMILES string of the molecule is c1ccc(NN=c2ccoc3ccccc23)cc1. The topological polar surface area (TPSA) is 37.5 Å². The summed E-state index contributed by atoms with van der Waals surface area (Å²) in [7, 11) is 0. The average molecular weight is 236 g/mol. The predicted octanol–water partition coefficient (Wildman–Crippen LogP) is 3.36. The molecule has 0 amide bonds. The summed E-state index contributed by atoms with van der Waals surface area (Å²) >= 11 is 0. The lowest BCUT2D eigenvalue weighted by atomic mass is 10.2. The molecule has 0 saturated carbocycles. The molecule has 0 fully saturated rings. The van der Waals surface area contributed by atoms with Gasteiger partial charge in [0.25, 0.3) is 0 Å². The Balaban J connectivity index is 2.04. The van der Waals surface area contributed by atoms with Crippen LogP contribution < -0.4 is 10.8 Å². The summed E-state index contributed by atoms with van der Waals surface area (Å²) in [6.07, 6.45) is 1.65. The Bertz CT molecular complexity index is 712. The van der Waals surface area contributed by atoms with Crippen LogP contribution in [0.4, 0.5) is 5.69 Å².